The molecule has 0 spiro atoms. The van der Waals surface area contributed by atoms with E-state index in [4.69, 9.17) is 15.2 Å². The van der Waals surface area contributed by atoms with Crippen LogP contribution in [-0.4, -0.2) is 32.8 Å². The van der Waals surface area contributed by atoms with E-state index >= 15 is 0 Å². The Hall–Kier alpha value is -0.860. The Morgan fingerprint density at radius 1 is 1.33 bits per heavy atom. The first-order valence-electron chi connectivity index (χ1n) is 6.94. The van der Waals surface area contributed by atoms with Crippen LogP contribution in [0.15, 0.2) is 29.3 Å². The van der Waals surface area contributed by atoms with Crippen molar-refractivity contribution in [1.29, 1.82) is 0 Å². The Bertz CT molecular complexity index is 414. The molecular formula is C15H26IN3O2. The summed E-state index contributed by atoms with van der Waals surface area (Å²) >= 11 is 0. The highest BCUT2D eigenvalue weighted by molar-refractivity contribution is 14.0. The van der Waals surface area contributed by atoms with Crippen molar-refractivity contribution in [3.8, 4) is 0 Å². The molecule has 21 heavy (non-hydrogen) atoms. The Morgan fingerprint density at radius 2 is 2.10 bits per heavy atom. The smallest absolute Gasteiger partial charge is 0.188 e. The number of rotatable bonds is 9. The van der Waals surface area contributed by atoms with E-state index in [0.717, 1.165) is 37.3 Å². The summed E-state index contributed by atoms with van der Waals surface area (Å²) in [5, 5.41) is 3.07. The largest absolute Gasteiger partial charge is 0.382 e. The molecule has 6 heteroatoms. The molecule has 0 heterocycles. The zero-order valence-electron chi connectivity index (χ0n) is 12.8. The summed E-state index contributed by atoms with van der Waals surface area (Å²) in [6.07, 6.45) is 0.924. The van der Waals surface area contributed by atoms with Crippen LogP contribution < -0.4 is 11.1 Å². The number of nitrogens with one attached hydrogen (secondary N) is 1. The van der Waals surface area contributed by atoms with Gasteiger partial charge in [-0.25, -0.2) is 4.99 Å². The lowest BCUT2D eigenvalue weighted by molar-refractivity contribution is 0.145. The molecule has 0 aliphatic heterocycles. The molecule has 1 aromatic rings. The highest BCUT2D eigenvalue weighted by atomic mass is 127. The summed E-state index contributed by atoms with van der Waals surface area (Å²) in [6, 6.07) is 8.15. The van der Waals surface area contributed by atoms with Gasteiger partial charge in [0, 0.05) is 26.9 Å². The van der Waals surface area contributed by atoms with E-state index in [1.807, 2.05) is 25.1 Å². The van der Waals surface area contributed by atoms with Gasteiger partial charge in [-0.1, -0.05) is 24.3 Å². The first-order valence-corrected chi connectivity index (χ1v) is 6.94. The lowest BCUT2D eigenvalue weighted by atomic mass is 10.1. The van der Waals surface area contributed by atoms with Crippen molar-refractivity contribution in [2.24, 2.45) is 10.7 Å². The van der Waals surface area contributed by atoms with Crippen LogP contribution in [0.4, 0.5) is 0 Å². The minimum Gasteiger partial charge on any atom is -0.382 e. The van der Waals surface area contributed by atoms with Gasteiger partial charge in [0.25, 0.3) is 0 Å². The number of benzene rings is 1. The van der Waals surface area contributed by atoms with Crippen LogP contribution in [0.2, 0.25) is 0 Å². The Morgan fingerprint density at radius 3 is 2.81 bits per heavy atom. The maximum atomic E-state index is 5.81. The van der Waals surface area contributed by atoms with Crippen molar-refractivity contribution >= 4 is 29.9 Å². The molecule has 0 amide bonds. The predicted molar refractivity (Wildman–Crippen MR) is 97.0 cm³/mol. The molecule has 0 saturated carbocycles. The number of ether oxygens (including phenoxy) is 2. The van der Waals surface area contributed by atoms with Gasteiger partial charge in [0.2, 0.25) is 0 Å². The van der Waals surface area contributed by atoms with Gasteiger partial charge in [0.1, 0.15) is 0 Å². The summed E-state index contributed by atoms with van der Waals surface area (Å²) in [5.41, 5.74) is 8.07. The topological polar surface area (TPSA) is 68.9 Å². The van der Waals surface area contributed by atoms with Crippen molar-refractivity contribution in [2.75, 3.05) is 26.9 Å². The quantitative estimate of drug-likeness (QED) is 0.285. The van der Waals surface area contributed by atoms with Gasteiger partial charge in [-0.15, -0.1) is 24.0 Å². The minimum atomic E-state index is 0. The zero-order valence-corrected chi connectivity index (χ0v) is 15.1. The van der Waals surface area contributed by atoms with Crippen LogP contribution in [-0.2, 0) is 22.6 Å². The molecular weight excluding hydrogens is 381 g/mol. The molecule has 0 fully saturated rings. The van der Waals surface area contributed by atoms with E-state index < -0.39 is 0 Å². The number of hydrogen-bond donors (Lipinski definition) is 2. The second kappa shape index (κ2) is 12.8. The maximum absolute atomic E-state index is 5.81. The third-order valence-corrected chi connectivity index (χ3v) is 2.71. The number of halogens is 1. The zero-order chi connectivity index (χ0) is 14.6. The van der Waals surface area contributed by atoms with Crippen molar-refractivity contribution < 1.29 is 9.47 Å². The van der Waals surface area contributed by atoms with Crippen LogP contribution in [0, 0.1) is 0 Å². The fourth-order valence-corrected chi connectivity index (χ4v) is 1.75. The van der Waals surface area contributed by atoms with E-state index in [0.29, 0.717) is 19.1 Å². The molecule has 0 aromatic heterocycles. The van der Waals surface area contributed by atoms with Gasteiger partial charge in [-0.2, -0.15) is 0 Å². The number of nitrogens with two attached hydrogens (primary N) is 1. The standard InChI is InChI=1S/C15H25N3O2.HI/c1-3-20-9-5-8-17-15(16)18-11-13-6-4-7-14(10-13)12-19-2;/h4,6-7,10H,3,5,8-9,11-12H2,1-2H3,(H3,16,17,18);1H. The first kappa shape index (κ1) is 20.1. The van der Waals surface area contributed by atoms with E-state index in [1.54, 1.807) is 7.11 Å². The number of methoxy groups -OCH3 is 1. The molecule has 0 bridgehead atoms. The fraction of sp³-hybridized carbons (Fsp3) is 0.533. The molecule has 0 aliphatic rings. The third-order valence-electron chi connectivity index (χ3n) is 2.71. The summed E-state index contributed by atoms with van der Waals surface area (Å²) in [5.74, 6) is 0.471. The van der Waals surface area contributed by atoms with E-state index in [2.05, 4.69) is 16.4 Å². The number of hydrogen-bond acceptors (Lipinski definition) is 3. The molecule has 5 nitrogen and oxygen atoms in total. The average molecular weight is 407 g/mol. The van der Waals surface area contributed by atoms with Gasteiger partial charge < -0.3 is 20.5 Å². The van der Waals surface area contributed by atoms with E-state index in [9.17, 15) is 0 Å². The lowest BCUT2D eigenvalue weighted by Crippen LogP contribution is -2.32. The normalized spacial score (nSPS) is 11.0. The Balaban J connectivity index is 0.00000400. The van der Waals surface area contributed by atoms with Crippen LogP contribution in [0.5, 0.6) is 0 Å². The third kappa shape index (κ3) is 9.65. The molecule has 120 valence electrons. The number of aliphatic imine (C=N–C) groups is 1. The maximum Gasteiger partial charge on any atom is 0.188 e. The van der Waals surface area contributed by atoms with Gasteiger partial charge >= 0.3 is 0 Å². The average Bonchev–Trinajstić information content (AvgIpc) is 2.46. The van der Waals surface area contributed by atoms with Gasteiger partial charge in [-0.3, -0.25) is 0 Å². The predicted octanol–water partition coefficient (Wildman–Crippen LogP) is 2.28. The van der Waals surface area contributed by atoms with Crippen LogP contribution in [0.1, 0.15) is 24.5 Å². The highest BCUT2D eigenvalue weighted by Crippen LogP contribution is 2.07. The molecule has 0 saturated heterocycles. The fourth-order valence-electron chi connectivity index (χ4n) is 1.75. The van der Waals surface area contributed by atoms with Crippen molar-refractivity contribution in [3.05, 3.63) is 35.4 Å². The number of guanidine groups is 1. The van der Waals surface area contributed by atoms with Crippen LogP contribution >= 0.6 is 24.0 Å². The van der Waals surface area contributed by atoms with Gasteiger partial charge in [0.15, 0.2) is 5.96 Å². The van der Waals surface area contributed by atoms with Crippen LogP contribution in [0.25, 0.3) is 0 Å². The minimum absolute atomic E-state index is 0. The molecule has 0 aliphatic carbocycles. The van der Waals surface area contributed by atoms with Gasteiger partial charge in [-0.05, 0) is 24.5 Å². The molecule has 3 N–H and O–H groups in total. The molecule has 0 unspecified atom stereocenters. The number of nitrogens with zero attached hydrogens (tertiary/aromatic N) is 1. The van der Waals surface area contributed by atoms with E-state index in [1.165, 1.54) is 0 Å². The second-order valence-electron chi connectivity index (χ2n) is 4.43. The molecule has 0 radical (unpaired) electrons. The van der Waals surface area contributed by atoms with Gasteiger partial charge in [0.05, 0.1) is 13.2 Å². The molecule has 1 aromatic carbocycles. The second-order valence-corrected chi connectivity index (χ2v) is 4.43. The summed E-state index contributed by atoms with van der Waals surface area (Å²) in [6.45, 7) is 5.45. The molecule has 0 atom stereocenters. The summed E-state index contributed by atoms with van der Waals surface area (Å²) in [7, 11) is 1.69. The summed E-state index contributed by atoms with van der Waals surface area (Å²) in [4.78, 5) is 4.32. The first-order chi connectivity index (χ1) is 9.76. The lowest BCUT2D eigenvalue weighted by Gasteiger charge is -2.06. The van der Waals surface area contributed by atoms with Crippen LogP contribution in [0.3, 0.4) is 0 Å². The SMILES string of the molecule is CCOCCCNC(N)=NCc1cccc(COC)c1.I. The summed E-state index contributed by atoms with van der Waals surface area (Å²) < 4.78 is 10.4. The Kier molecular flexibility index (Phi) is 12.3. The van der Waals surface area contributed by atoms with E-state index in [-0.39, 0.29) is 24.0 Å². The monoisotopic (exact) mass is 407 g/mol. The van der Waals surface area contributed by atoms with Crippen molar-refractivity contribution in [1.82, 2.24) is 5.32 Å². The molecule has 1 rings (SSSR count). The van der Waals surface area contributed by atoms with Crippen molar-refractivity contribution in [3.63, 3.8) is 0 Å². The Labute approximate surface area is 144 Å². The highest BCUT2D eigenvalue weighted by Gasteiger charge is 1.96. The van der Waals surface area contributed by atoms with Crippen molar-refractivity contribution in [2.45, 2.75) is 26.5 Å².